The predicted molar refractivity (Wildman–Crippen MR) is 306 cm³/mol. The van der Waals surface area contributed by atoms with Crippen molar-refractivity contribution in [2.24, 2.45) is 0 Å². The Morgan fingerprint density at radius 1 is 0.324 bits per heavy atom. The molecule has 0 saturated heterocycles. The van der Waals surface area contributed by atoms with Crippen LogP contribution in [0.15, 0.2) is 206 Å². The molecule has 2 aromatic heterocycles. The largest absolute Gasteiger partial charge is 0.308 e. The van der Waals surface area contributed by atoms with Crippen LogP contribution in [-0.4, -0.2) is 9.13 Å². The van der Waals surface area contributed by atoms with Gasteiger partial charge in [-0.05, 0) is 149 Å². The highest BCUT2D eigenvalue weighted by atomic mass is 15.0. The summed E-state index contributed by atoms with van der Waals surface area (Å²) in [6.07, 6.45) is 0. The Bertz CT molecular complexity index is 4450. The smallest absolute Gasteiger partial charge is 0.101 e. The van der Waals surface area contributed by atoms with Crippen molar-refractivity contribution in [1.29, 1.82) is 10.5 Å². The van der Waals surface area contributed by atoms with Gasteiger partial charge in [-0.1, -0.05) is 173 Å². The number of hydrogen-bond acceptors (Lipinski definition) is 2. The van der Waals surface area contributed by atoms with Crippen molar-refractivity contribution in [1.82, 2.24) is 9.13 Å². The van der Waals surface area contributed by atoms with E-state index < -0.39 is 0 Å². The highest BCUT2D eigenvalue weighted by Gasteiger charge is 2.37. The number of fused-ring (bicyclic) bond motifs is 16. The minimum atomic E-state index is -0.124. The molecule has 2 aliphatic rings. The second-order valence-corrected chi connectivity index (χ2v) is 21.5. The Hall–Kier alpha value is -9.48. The van der Waals surface area contributed by atoms with Crippen LogP contribution in [0.5, 0.6) is 0 Å². The summed E-state index contributed by atoms with van der Waals surface area (Å²) in [5.74, 6) is 0. The van der Waals surface area contributed by atoms with Gasteiger partial charge in [-0.15, -0.1) is 0 Å². The first kappa shape index (κ1) is 42.2. The average molecular weight is 943 g/mol. The van der Waals surface area contributed by atoms with Gasteiger partial charge in [0.15, 0.2) is 0 Å². The fourth-order valence-electron chi connectivity index (χ4n) is 13.4. The molecule has 11 aromatic carbocycles. The van der Waals surface area contributed by atoms with E-state index in [9.17, 15) is 10.5 Å². The van der Waals surface area contributed by atoms with Gasteiger partial charge in [0.25, 0.3) is 0 Å². The van der Waals surface area contributed by atoms with Gasteiger partial charge < -0.3 is 9.13 Å². The molecular weight excluding hydrogens is 897 g/mol. The van der Waals surface area contributed by atoms with Crippen molar-refractivity contribution in [3.05, 3.63) is 240 Å². The van der Waals surface area contributed by atoms with Gasteiger partial charge in [0.2, 0.25) is 0 Å². The van der Waals surface area contributed by atoms with Crippen molar-refractivity contribution >= 4 is 65.2 Å². The Balaban J connectivity index is 0.926. The van der Waals surface area contributed by atoms with Gasteiger partial charge in [-0.2, -0.15) is 10.5 Å². The SMILES string of the molecule is CC1(C)c2ccccc2-c2ccc(-c3ccc4c(c3)c3c5ccccc5ccc3n4-c3cc(C#N)c(-n4c5ccc(-c6ccc7c(c6)C(C)(C)c6ccccc6-7)cc5c5c6ccccc6ccc54)cc3C#N)cc21. The zero-order valence-corrected chi connectivity index (χ0v) is 41.4. The van der Waals surface area contributed by atoms with Crippen molar-refractivity contribution in [3.8, 4) is 68.0 Å². The minimum Gasteiger partial charge on any atom is -0.308 e. The number of benzene rings is 11. The Kier molecular flexibility index (Phi) is 8.58. The molecule has 0 N–H and O–H groups in total. The normalized spacial score (nSPS) is 13.9. The second kappa shape index (κ2) is 15.0. The summed E-state index contributed by atoms with van der Waals surface area (Å²) in [4.78, 5) is 0. The maximum atomic E-state index is 11.3. The monoisotopic (exact) mass is 942 g/mol. The Morgan fingerprint density at radius 3 is 1.14 bits per heavy atom. The van der Waals surface area contributed by atoms with Crippen molar-refractivity contribution < 1.29 is 0 Å². The first-order valence-electron chi connectivity index (χ1n) is 25.5. The molecule has 0 radical (unpaired) electrons. The van der Waals surface area contributed by atoms with Gasteiger partial charge in [0.05, 0.1) is 44.6 Å². The molecule has 74 heavy (non-hydrogen) atoms. The summed E-state index contributed by atoms with van der Waals surface area (Å²) in [6, 6.07) is 79.7. The number of nitrogens with zero attached hydrogens (tertiary/aromatic N) is 4. The molecule has 4 heteroatoms. The van der Waals surface area contributed by atoms with Crippen LogP contribution < -0.4 is 0 Å². The maximum Gasteiger partial charge on any atom is 0.101 e. The first-order chi connectivity index (χ1) is 36.1. The van der Waals surface area contributed by atoms with Crippen molar-refractivity contribution in [3.63, 3.8) is 0 Å². The lowest BCUT2D eigenvalue weighted by molar-refractivity contribution is 0.660. The number of nitriles is 2. The fraction of sp³-hybridized carbons (Fsp3) is 0.0857. The average Bonchev–Trinajstić information content (AvgIpc) is 4.10. The molecule has 0 bridgehead atoms. The molecular formula is C70H46N4. The van der Waals surface area contributed by atoms with E-state index in [1.54, 1.807) is 0 Å². The van der Waals surface area contributed by atoms with Crippen molar-refractivity contribution in [2.45, 2.75) is 38.5 Å². The molecule has 4 nitrogen and oxygen atoms in total. The molecule has 2 aliphatic carbocycles. The molecule has 0 atom stereocenters. The van der Waals surface area contributed by atoms with Crippen LogP contribution in [0.25, 0.3) is 121 Å². The van der Waals surface area contributed by atoms with Crippen molar-refractivity contribution in [2.75, 3.05) is 0 Å². The number of aromatic nitrogens is 2. The summed E-state index contributed by atoms with van der Waals surface area (Å²) in [6.45, 7) is 9.31. The quantitative estimate of drug-likeness (QED) is 0.176. The molecule has 346 valence electrons. The standard InChI is InChI=1S/C70H46N4/c1-69(2)57-19-11-9-17-51(57)53-27-21-45(35-59(53)69)43-25-29-61-55(33-43)67-49-15-7-5-13-41(49)23-31-63(67)73(61)65-37-48(40-72)66(38-47(65)39-71)74-62-30-26-44(34-56(62)68-50-16-8-6-14-42(50)24-32-64(68)74)46-22-28-54-52-18-10-12-20-58(52)70(3,4)60(54)36-46/h5-38H,1-4H3. The number of hydrogen-bond donors (Lipinski definition) is 0. The predicted octanol–water partition coefficient (Wildman–Crippen LogP) is 17.9. The second-order valence-electron chi connectivity index (χ2n) is 21.5. The van der Waals surface area contributed by atoms with E-state index in [2.05, 4.69) is 243 Å². The van der Waals surface area contributed by atoms with Crippen LogP contribution in [0.3, 0.4) is 0 Å². The lowest BCUT2D eigenvalue weighted by Crippen LogP contribution is -2.14. The molecule has 13 aromatic rings. The molecule has 0 fully saturated rings. The zero-order valence-electron chi connectivity index (χ0n) is 41.4. The molecule has 0 spiro atoms. The van der Waals surface area contributed by atoms with Crippen LogP contribution in [0.4, 0.5) is 0 Å². The van der Waals surface area contributed by atoms with Gasteiger partial charge >= 0.3 is 0 Å². The number of rotatable bonds is 4. The molecule has 0 unspecified atom stereocenters. The Morgan fingerprint density at radius 2 is 0.689 bits per heavy atom. The van der Waals surface area contributed by atoms with E-state index in [0.29, 0.717) is 22.5 Å². The van der Waals surface area contributed by atoms with Crippen LogP contribution in [0.1, 0.15) is 61.1 Å². The molecule has 0 amide bonds. The maximum absolute atomic E-state index is 11.3. The lowest BCUT2D eigenvalue weighted by atomic mass is 9.81. The summed E-state index contributed by atoms with van der Waals surface area (Å²) >= 11 is 0. The van der Waals surface area contributed by atoms with Crippen LogP contribution in [0, 0.1) is 22.7 Å². The highest BCUT2D eigenvalue weighted by Crippen LogP contribution is 2.52. The highest BCUT2D eigenvalue weighted by molar-refractivity contribution is 6.23. The minimum absolute atomic E-state index is 0.124. The summed E-state index contributed by atoms with van der Waals surface area (Å²) in [5.41, 5.74) is 21.1. The van der Waals surface area contributed by atoms with Crippen LogP contribution in [-0.2, 0) is 10.8 Å². The van der Waals surface area contributed by atoms with Crippen LogP contribution in [0.2, 0.25) is 0 Å². The van der Waals surface area contributed by atoms with E-state index in [1.807, 2.05) is 12.1 Å². The van der Waals surface area contributed by atoms with E-state index in [0.717, 1.165) is 87.4 Å². The van der Waals surface area contributed by atoms with E-state index in [1.165, 1.54) is 44.5 Å². The van der Waals surface area contributed by atoms with E-state index >= 15 is 0 Å². The summed E-state index contributed by atoms with van der Waals surface area (Å²) in [5, 5.41) is 31.6. The first-order valence-corrected chi connectivity index (χ1v) is 25.5. The van der Waals surface area contributed by atoms with Gasteiger partial charge in [-0.3, -0.25) is 0 Å². The van der Waals surface area contributed by atoms with Gasteiger partial charge in [0, 0.05) is 32.4 Å². The zero-order chi connectivity index (χ0) is 49.8. The fourth-order valence-corrected chi connectivity index (χ4v) is 13.4. The topological polar surface area (TPSA) is 57.4 Å². The third-order valence-electron chi connectivity index (χ3n) is 17.0. The molecule has 0 saturated carbocycles. The molecule has 0 aliphatic heterocycles. The van der Waals surface area contributed by atoms with Gasteiger partial charge in [0.1, 0.15) is 12.1 Å². The Labute approximate surface area is 428 Å². The van der Waals surface area contributed by atoms with E-state index in [4.69, 9.17) is 0 Å². The van der Waals surface area contributed by atoms with E-state index in [-0.39, 0.29) is 10.8 Å². The lowest BCUT2D eigenvalue weighted by Gasteiger charge is -2.22. The van der Waals surface area contributed by atoms with Gasteiger partial charge in [-0.25, -0.2) is 0 Å². The summed E-state index contributed by atoms with van der Waals surface area (Å²) in [7, 11) is 0. The molecule has 15 rings (SSSR count). The summed E-state index contributed by atoms with van der Waals surface area (Å²) < 4.78 is 4.41. The third-order valence-corrected chi connectivity index (χ3v) is 17.0. The third kappa shape index (κ3) is 5.66. The van der Waals surface area contributed by atoms with Crippen LogP contribution >= 0.6 is 0 Å². The molecule has 2 heterocycles.